The van der Waals surface area contributed by atoms with E-state index in [9.17, 15) is 9.18 Å². The topological polar surface area (TPSA) is 58.4 Å². The number of halogens is 1. The van der Waals surface area contributed by atoms with E-state index in [0.717, 1.165) is 19.6 Å². The largest absolute Gasteiger partial charge is 0.366 e. The number of nitrogens with zero attached hydrogens (tertiary/aromatic N) is 1. The summed E-state index contributed by atoms with van der Waals surface area (Å²) in [6, 6.07) is 4.71. The van der Waals surface area contributed by atoms with Crippen LogP contribution in [0.15, 0.2) is 18.2 Å². The predicted octanol–water partition coefficient (Wildman–Crippen LogP) is 0.723. The van der Waals surface area contributed by atoms with E-state index >= 15 is 0 Å². The fourth-order valence-electron chi connectivity index (χ4n) is 2.07. The zero-order chi connectivity index (χ0) is 12.4. The molecule has 0 radical (unpaired) electrons. The van der Waals surface area contributed by atoms with Gasteiger partial charge in [-0.15, -0.1) is 0 Å². The normalized spacial score (nSPS) is 20.4. The second-order valence-corrected chi connectivity index (χ2v) is 4.33. The Morgan fingerprint density at radius 3 is 2.94 bits per heavy atom. The SMILES string of the molecule is CC1CN(c2ccc(C(N)=O)cc2F)CCN1. The Morgan fingerprint density at radius 2 is 2.35 bits per heavy atom. The molecule has 0 saturated carbocycles. The molecule has 0 bridgehead atoms. The molecule has 0 spiro atoms. The predicted molar refractivity (Wildman–Crippen MR) is 64.6 cm³/mol. The molecule has 1 heterocycles. The minimum Gasteiger partial charge on any atom is -0.366 e. The molecule has 0 aromatic heterocycles. The van der Waals surface area contributed by atoms with Crippen LogP contribution >= 0.6 is 0 Å². The number of hydrogen-bond donors (Lipinski definition) is 2. The van der Waals surface area contributed by atoms with Gasteiger partial charge < -0.3 is 16.0 Å². The van der Waals surface area contributed by atoms with Gasteiger partial charge in [0.05, 0.1) is 5.69 Å². The molecule has 1 aromatic rings. The molecule has 17 heavy (non-hydrogen) atoms. The van der Waals surface area contributed by atoms with Gasteiger partial charge in [-0.05, 0) is 25.1 Å². The van der Waals surface area contributed by atoms with Crippen molar-refractivity contribution in [2.45, 2.75) is 13.0 Å². The van der Waals surface area contributed by atoms with Gasteiger partial charge in [0.2, 0.25) is 5.91 Å². The van der Waals surface area contributed by atoms with Crippen LogP contribution in [-0.2, 0) is 0 Å². The summed E-state index contributed by atoms with van der Waals surface area (Å²) in [7, 11) is 0. The molecule has 4 nitrogen and oxygen atoms in total. The summed E-state index contributed by atoms with van der Waals surface area (Å²) in [4.78, 5) is 12.9. The first-order valence-corrected chi connectivity index (χ1v) is 5.65. The van der Waals surface area contributed by atoms with Crippen LogP contribution in [0.4, 0.5) is 10.1 Å². The third-order valence-electron chi connectivity index (χ3n) is 2.94. The molecule has 3 N–H and O–H groups in total. The summed E-state index contributed by atoms with van der Waals surface area (Å²) < 4.78 is 13.9. The average Bonchev–Trinajstić information content (AvgIpc) is 2.28. The third-order valence-corrected chi connectivity index (χ3v) is 2.94. The van der Waals surface area contributed by atoms with Crippen molar-refractivity contribution in [2.75, 3.05) is 24.5 Å². The van der Waals surface area contributed by atoms with Crippen LogP contribution < -0.4 is 16.0 Å². The molecule has 1 fully saturated rings. The quantitative estimate of drug-likeness (QED) is 0.797. The standard InChI is InChI=1S/C12H16FN3O/c1-8-7-16(5-4-15-8)11-3-2-9(12(14)17)6-10(11)13/h2-3,6,8,15H,4-5,7H2,1H3,(H2,14,17). The Kier molecular flexibility index (Phi) is 3.28. The highest BCUT2D eigenvalue weighted by molar-refractivity contribution is 5.93. The summed E-state index contributed by atoms with van der Waals surface area (Å²) >= 11 is 0. The minimum absolute atomic E-state index is 0.203. The number of hydrogen-bond acceptors (Lipinski definition) is 3. The molecular weight excluding hydrogens is 221 g/mol. The maximum Gasteiger partial charge on any atom is 0.248 e. The number of nitrogens with one attached hydrogen (secondary N) is 1. The number of benzene rings is 1. The van der Waals surface area contributed by atoms with Crippen molar-refractivity contribution in [2.24, 2.45) is 5.73 Å². The number of rotatable bonds is 2. The highest BCUT2D eigenvalue weighted by Crippen LogP contribution is 2.21. The van der Waals surface area contributed by atoms with E-state index in [1.54, 1.807) is 12.1 Å². The van der Waals surface area contributed by atoms with E-state index in [0.29, 0.717) is 11.7 Å². The Balaban J connectivity index is 2.23. The lowest BCUT2D eigenvalue weighted by Gasteiger charge is -2.33. The van der Waals surface area contributed by atoms with Crippen LogP contribution in [0.2, 0.25) is 0 Å². The van der Waals surface area contributed by atoms with Crippen LogP contribution in [0.1, 0.15) is 17.3 Å². The van der Waals surface area contributed by atoms with E-state index in [2.05, 4.69) is 12.2 Å². The van der Waals surface area contributed by atoms with Crippen molar-refractivity contribution in [3.05, 3.63) is 29.6 Å². The zero-order valence-electron chi connectivity index (χ0n) is 9.74. The van der Waals surface area contributed by atoms with E-state index in [4.69, 9.17) is 5.73 Å². The maximum absolute atomic E-state index is 13.9. The smallest absolute Gasteiger partial charge is 0.248 e. The Hall–Kier alpha value is -1.62. The lowest BCUT2D eigenvalue weighted by atomic mass is 10.1. The van der Waals surface area contributed by atoms with Gasteiger partial charge in [-0.3, -0.25) is 4.79 Å². The molecule has 1 atom stereocenters. The molecule has 1 aliphatic heterocycles. The first-order chi connectivity index (χ1) is 8.08. The van der Waals surface area contributed by atoms with E-state index in [1.807, 2.05) is 4.90 Å². The summed E-state index contributed by atoms with van der Waals surface area (Å²) in [6.45, 7) is 4.41. The van der Waals surface area contributed by atoms with Crippen LogP contribution in [0.3, 0.4) is 0 Å². The second-order valence-electron chi connectivity index (χ2n) is 4.33. The van der Waals surface area contributed by atoms with Crippen molar-refractivity contribution >= 4 is 11.6 Å². The number of nitrogens with two attached hydrogens (primary N) is 1. The van der Waals surface area contributed by atoms with E-state index in [-0.39, 0.29) is 5.56 Å². The van der Waals surface area contributed by atoms with Crippen molar-refractivity contribution in [1.29, 1.82) is 0 Å². The Labute approximate surface area is 99.6 Å². The van der Waals surface area contributed by atoms with Crippen molar-refractivity contribution in [3.8, 4) is 0 Å². The molecular formula is C12H16FN3O. The second kappa shape index (κ2) is 4.71. The van der Waals surface area contributed by atoms with Gasteiger partial charge in [-0.2, -0.15) is 0 Å². The van der Waals surface area contributed by atoms with Gasteiger partial charge in [0, 0.05) is 31.2 Å². The van der Waals surface area contributed by atoms with Gasteiger partial charge in [-0.1, -0.05) is 0 Å². The number of anilines is 1. The van der Waals surface area contributed by atoms with Gasteiger partial charge in [-0.25, -0.2) is 4.39 Å². The first-order valence-electron chi connectivity index (χ1n) is 5.65. The lowest BCUT2D eigenvalue weighted by molar-refractivity contribution is 0.1000. The number of carbonyl (C=O) groups excluding carboxylic acids is 1. The molecule has 1 unspecified atom stereocenters. The van der Waals surface area contributed by atoms with Crippen molar-refractivity contribution in [1.82, 2.24) is 5.32 Å². The fraction of sp³-hybridized carbons (Fsp3) is 0.417. The molecule has 92 valence electrons. The summed E-state index contributed by atoms with van der Waals surface area (Å²) in [5, 5.41) is 3.29. The van der Waals surface area contributed by atoms with Gasteiger partial charge in [0.1, 0.15) is 5.82 Å². The maximum atomic E-state index is 13.9. The minimum atomic E-state index is -0.607. The van der Waals surface area contributed by atoms with Crippen molar-refractivity contribution in [3.63, 3.8) is 0 Å². The molecule has 1 amide bonds. The van der Waals surface area contributed by atoms with Gasteiger partial charge in [0.25, 0.3) is 0 Å². The molecule has 0 aliphatic carbocycles. The number of primary amides is 1. The van der Waals surface area contributed by atoms with E-state index < -0.39 is 11.7 Å². The van der Waals surface area contributed by atoms with Crippen molar-refractivity contribution < 1.29 is 9.18 Å². The zero-order valence-corrected chi connectivity index (χ0v) is 9.74. The average molecular weight is 237 g/mol. The number of piperazine rings is 1. The fourth-order valence-corrected chi connectivity index (χ4v) is 2.07. The highest BCUT2D eigenvalue weighted by atomic mass is 19.1. The van der Waals surface area contributed by atoms with Crippen LogP contribution in [0.25, 0.3) is 0 Å². The molecule has 5 heteroatoms. The Bertz CT molecular complexity index is 436. The lowest BCUT2D eigenvalue weighted by Crippen LogP contribution is -2.49. The van der Waals surface area contributed by atoms with Crippen LogP contribution in [0.5, 0.6) is 0 Å². The third kappa shape index (κ3) is 2.55. The molecule has 1 aliphatic rings. The monoisotopic (exact) mass is 237 g/mol. The molecule has 1 aromatic carbocycles. The molecule has 2 rings (SSSR count). The summed E-state index contributed by atoms with van der Waals surface area (Å²) in [6.07, 6.45) is 0. The van der Waals surface area contributed by atoms with Crippen LogP contribution in [0, 0.1) is 5.82 Å². The highest BCUT2D eigenvalue weighted by Gasteiger charge is 2.19. The number of carbonyl (C=O) groups is 1. The number of amides is 1. The van der Waals surface area contributed by atoms with E-state index in [1.165, 1.54) is 6.07 Å². The van der Waals surface area contributed by atoms with Gasteiger partial charge >= 0.3 is 0 Å². The Morgan fingerprint density at radius 1 is 1.59 bits per heavy atom. The first kappa shape index (κ1) is 11.9. The van der Waals surface area contributed by atoms with Gasteiger partial charge in [0.15, 0.2) is 0 Å². The van der Waals surface area contributed by atoms with Crippen LogP contribution in [-0.4, -0.2) is 31.6 Å². The summed E-state index contributed by atoms with van der Waals surface area (Å²) in [5.41, 5.74) is 5.84. The summed E-state index contributed by atoms with van der Waals surface area (Å²) in [5.74, 6) is -1.00. The molecule has 1 saturated heterocycles.